The van der Waals surface area contributed by atoms with Crippen LogP contribution in [0.4, 0.5) is 5.69 Å². The molecule has 0 spiro atoms. The Morgan fingerprint density at radius 3 is 2.55 bits per heavy atom. The fourth-order valence-electron chi connectivity index (χ4n) is 1.31. The molecule has 0 aliphatic heterocycles. The first-order chi connectivity index (χ1) is 9.58. The lowest BCUT2D eigenvalue weighted by Crippen LogP contribution is -2.22. The highest BCUT2D eigenvalue weighted by atomic mass is 79.9. The Kier molecular flexibility index (Phi) is 5.88. The van der Waals surface area contributed by atoms with E-state index in [9.17, 15) is 4.79 Å². The van der Waals surface area contributed by atoms with Crippen LogP contribution in [0.1, 0.15) is 6.92 Å². The number of amides is 1. The number of nitrogens with zero attached hydrogens (tertiary/aromatic N) is 2. The van der Waals surface area contributed by atoms with Gasteiger partial charge in [0, 0.05) is 10.2 Å². The van der Waals surface area contributed by atoms with Crippen LogP contribution in [-0.4, -0.2) is 27.6 Å². The topological polar surface area (TPSA) is 54.9 Å². The third kappa shape index (κ3) is 4.47. The van der Waals surface area contributed by atoms with E-state index < -0.39 is 0 Å². The number of benzene rings is 1. The van der Waals surface area contributed by atoms with Crippen molar-refractivity contribution in [2.75, 3.05) is 11.6 Å². The van der Waals surface area contributed by atoms with Gasteiger partial charge in [0.2, 0.25) is 5.91 Å². The number of rotatable bonds is 5. The SMILES string of the molecule is CSc1nnc(S[C@H](C)C(=O)Nc2ccc(Br)cc2)s1. The minimum absolute atomic E-state index is 0.0433. The minimum Gasteiger partial charge on any atom is -0.325 e. The monoisotopic (exact) mass is 389 g/mol. The average molecular weight is 390 g/mol. The second kappa shape index (κ2) is 7.44. The Morgan fingerprint density at radius 1 is 1.30 bits per heavy atom. The van der Waals surface area contributed by atoms with Crippen molar-refractivity contribution >= 4 is 62.4 Å². The third-order valence-electron chi connectivity index (χ3n) is 2.32. The van der Waals surface area contributed by atoms with Crippen LogP contribution in [0.25, 0.3) is 0 Å². The molecule has 0 bridgehead atoms. The number of hydrogen-bond acceptors (Lipinski definition) is 6. The zero-order valence-corrected chi connectivity index (χ0v) is 14.8. The van der Waals surface area contributed by atoms with Crippen LogP contribution < -0.4 is 5.32 Å². The molecule has 0 unspecified atom stereocenters. The number of carbonyl (C=O) groups is 1. The van der Waals surface area contributed by atoms with Gasteiger partial charge in [-0.05, 0) is 37.4 Å². The van der Waals surface area contributed by atoms with E-state index in [0.29, 0.717) is 0 Å². The molecule has 4 nitrogen and oxygen atoms in total. The van der Waals surface area contributed by atoms with E-state index in [-0.39, 0.29) is 11.2 Å². The van der Waals surface area contributed by atoms with Crippen LogP contribution in [0.5, 0.6) is 0 Å². The molecule has 1 N–H and O–H groups in total. The molecule has 0 saturated heterocycles. The Labute approximate surface area is 138 Å². The fourth-order valence-corrected chi connectivity index (χ4v) is 4.16. The summed E-state index contributed by atoms with van der Waals surface area (Å²) in [6.45, 7) is 1.86. The summed E-state index contributed by atoms with van der Waals surface area (Å²) in [7, 11) is 0. The number of thioether (sulfide) groups is 2. The molecule has 1 heterocycles. The van der Waals surface area contributed by atoms with Gasteiger partial charge >= 0.3 is 0 Å². The van der Waals surface area contributed by atoms with Crippen molar-refractivity contribution in [3.05, 3.63) is 28.7 Å². The Morgan fingerprint density at radius 2 is 1.95 bits per heavy atom. The first-order valence-corrected chi connectivity index (χ1v) is 9.40. The predicted molar refractivity (Wildman–Crippen MR) is 89.8 cm³/mol. The van der Waals surface area contributed by atoms with Gasteiger partial charge in [0.15, 0.2) is 8.68 Å². The van der Waals surface area contributed by atoms with Crippen LogP contribution in [0, 0.1) is 0 Å². The lowest BCUT2D eigenvalue weighted by atomic mass is 10.3. The maximum atomic E-state index is 12.1. The van der Waals surface area contributed by atoms with E-state index in [1.54, 1.807) is 11.8 Å². The Hall–Kier alpha value is -0.570. The highest BCUT2D eigenvalue weighted by molar-refractivity contribution is 9.10. The zero-order valence-electron chi connectivity index (χ0n) is 10.8. The molecule has 0 saturated carbocycles. The van der Waals surface area contributed by atoms with Crippen molar-refractivity contribution in [3.63, 3.8) is 0 Å². The molecule has 0 radical (unpaired) electrons. The molecule has 1 aromatic carbocycles. The largest absolute Gasteiger partial charge is 0.325 e. The van der Waals surface area contributed by atoms with Crippen LogP contribution in [0.2, 0.25) is 0 Å². The number of anilines is 1. The number of carbonyl (C=O) groups excluding carboxylic acids is 1. The zero-order chi connectivity index (χ0) is 14.5. The second-order valence-electron chi connectivity index (χ2n) is 3.79. The molecular weight excluding hydrogens is 378 g/mol. The van der Waals surface area contributed by atoms with Crippen molar-refractivity contribution in [1.29, 1.82) is 0 Å². The maximum Gasteiger partial charge on any atom is 0.237 e. The number of halogens is 1. The van der Waals surface area contributed by atoms with Crippen LogP contribution in [-0.2, 0) is 4.79 Å². The summed E-state index contributed by atoms with van der Waals surface area (Å²) >= 11 is 7.84. The summed E-state index contributed by atoms with van der Waals surface area (Å²) in [5.41, 5.74) is 0.785. The highest BCUT2D eigenvalue weighted by Crippen LogP contribution is 2.30. The molecule has 0 aliphatic carbocycles. The van der Waals surface area contributed by atoms with Gasteiger partial charge in [-0.25, -0.2) is 0 Å². The van der Waals surface area contributed by atoms with Gasteiger partial charge in [0.25, 0.3) is 0 Å². The van der Waals surface area contributed by atoms with E-state index in [1.807, 2.05) is 37.4 Å². The molecule has 1 atom stereocenters. The summed E-state index contributed by atoms with van der Waals surface area (Å²) in [6.07, 6.45) is 1.96. The first kappa shape index (κ1) is 15.8. The Bertz CT molecular complexity index is 588. The number of aromatic nitrogens is 2. The van der Waals surface area contributed by atoms with Gasteiger partial charge in [0.05, 0.1) is 5.25 Å². The van der Waals surface area contributed by atoms with E-state index >= 15 is 0 Å². The fraction of sp³-hybridized carbons (Fsp3) is 0.250. The molecule has 106 valence electrons. The van der Waals surface area contributed by atoms with Gasteiger partial charge in [-0.3, -0.25) is 4.79 Å². The van der Waals surface area contributed by atoms with Crippen molar-refractivity contribution < 1.29 is 4.79 Å². The van der Waals surface area contributed by atoms with Gasteiger partial charge in [0.1, 0.15) is 0 Å². The van der Waals surface area contributed by atoms with Crippen LogP contribution in [0.15, 0.2) is 37.4 Å². The van der Waals surface area contributed by atoms with Gasteiger partial charge in [-0.2, -0.15) is 0 Å². The standard InChI is InChI=1S/C12H12BrN3OS3/c1-7(19-12-16-15-11(18-2)20-12)10(17)14-9-5-3-8(13)4-6-9/h3-7H,1-2H3,(H,14,17)/t7-/m1/s1. The second-order valence-corrected chi connectivity index (χ2v) is 8.33. The van der Waals surface area contributed by atoms with Crippen molar-refractivity contribution in [3.8, 4) is 0 Å². The van der Waals surface area contributed by atoms with Crippen molar-refractivity contribution in [2.45, 2.75) is 20.9 Å². The quantitative estimate of drug-likeness (QED) is 0.778. The lowest BCUT2D eigenvalue weighted by Gasteiger charge is -2.10. The number of nitrogens with one attached hydrogen (secondary N) is 1. The Balaban J connectivity index is 1.93. The minimum atomic E-state index is -0.221. The third-order valence-corrected chi connectivity index (χ3v) is 5.93. The summed E-state index contributed by atoms with van der Waals surface area (Å²) in [5, 5.41) is 10.7. The van der Waals surface area contributed by atoms with Crippen molar-refractivity contribution in [2.24, 2.45) is 0 Å². The molecule has 20 heavy (non-hydrogen) atoms. The smallest absolute Gasteiger partial charge is 0.237 e. The molecule has 1 aromatic heterocycles. The van der Waals surface area contributed by atoms with Crippen LogP contribution in [0.3, 0.4) is 0 Å². The molecule has 2 rings (SSSR count). The molecule has 0 aliphatic rings. The van der Waals surface area contributed by atoms with E-state index in [4.69, 9.17) is 0 Å². The molecule has 2 aromatic rings. The summed E-state index contributed by atoms with van der Waals surface area (Å²) in [6, 6.07) is 7.50. The molecule has 0 fully saturated rings. The summed E-state index contributed by atoms with van der Waals surface area (Å²) < 4.78 is 2.71. The van der Waals surface area contributed by atoms with Gasteiger partial charge in [-0.15, -0.1) is 10.2 Å². The summed E-state index contributed by atoms with van der Waals surface area (Å²) in [4.78, 5) is 12.1. The normalized spacial score (nSPS) is 12.2. The van der Waals surface area contributed by atoms with Crippen molar-refractivity contribution in [1.82, 2.24) is 10.2 Å². The van der Waals surface area contributed by atoms with Crippen LogP contribution >= 0.6 is 50.8 Å². The first-order valence-electron chi connectivity index (χ1n) is 5.69. The lowest BCUT2D eigenvalue weighted by molar-refractivity contribution is -0.115. The molecule has 1 amide bonds. The molecular formula is C12H12BrN3OS3. The summed E-state index contributed by atoms with van der Waals surface area (Å²) in [5.74, 6) is -0.0433. The molecule has 8 heteroatoms. The predicted octanol–water partition coefficient (Wildman–Crippen LogP) is 4.14. The van der Waals surface area contributed by atoms with Gasteiger partial charge in [-0.1, -0.05) is 50.8 Å². The highest BCUT2D eigenvalue weighted by Gasteiger charge is 2.17. The van der Waals surface area contributed by atoms with E-state index in [1.165, 1.54) is 23.1 Å². The van der Waals surface area contributed by atoms with Gasteiger partial charge < -0.3 is 5.32 Å². The average Bonchev–Trinajstić information content (AvgIpc) is 2.89. The van der Waals surface area contributed by atoms with E-state index in [0.717, 1.165) is 18.8 Å². The maximum absolute atomic E-state index is 12.1. The number of hydrogen-bond donors (Lipinski definition) is 1. The van der Waals surface area contributed by atoms with E-state index in [2.05, 4.69) is 31.4 Å².